The molecule has 3 aromatic rings. The van der Waals surface area contributed by atoms with E-state index in [1.54, 1.807) is 0 Å². The number of aryl methyl sites for hydroxylation is 3. The van der Waals surface area contributed by atoms with Gasteiger partial charge in [-0.15, -0.1) is 0 Å². The second-order valence-corrected chi connectivity index (χ2v) is 5.55. The number of nitrogens with zero attached hydrogens (tertiary/aromatic N) is 1. The summed E-state index contributed by atoms with van der Waals surface area (Å²) < 4.78 is 0. The van der Waals surface area contributed by atoms with Crippen molar-refractivity contribution in [3.8, 4) is 11.3 Å². The largest absolute Gasteiger partial charge is 0.255 e. The molecule has 1 heterocycles. The first-order valence-corrected chi connectivity index (χ1v) is 7.00. The Bertz CT molecular complexity index is 777. The molecular weight excluding hydrogens is 242 g/mol. The van der Waals surface area contributed by atoms with Crippen LogP contribution in [0.25, 0.3) is 22.0 Å². The van der Waals surface area contributed by atoms with Crippen molar-refractivity contribution in [1.29, 1.82) is 0 Å². The summed E-state index contributed by atoms with van der Waals surface area (Å²) in [4.78, 5) is 4.69. The molecule has 0 spiro atoms. The van der Waals surface area contributed by atoms with Crippen molar-refractivity contribution in [2.45, 2.75) is 27.7 Å². The van der Waals surface area contributed by atoms with Crippen molar-refractivity contribution in [2.24, 2.45) is 0 Å². The highest BCUT2D eigenvalue weighted by Gasteiger charge is 2.09. The second-order valence-electron chi connectivity index (χ2n) is 5.55. The predicted octanol–water partition coefficient (Wildman–Crippen LogP) is 5.14. The molecule has 1 heteroatoms. The van der Waals surface area contributed by atoms with Gasteiger partial charge in [0.25, 0.3) is 0 Å². The van der Waals surface area contributed by atoms with E-state index in [0.717, 1.165) is 5.69 Å². The molecule has 0 unspecified atom stereocenters. The third-order valence-electron chi connectivity index (χ3n) is 4.25. The van der Waals surface area contributed by atoms with Crippen LogP contribution in [0.15, 0.2) is 42.6 Å². The predicted molar refractivity (Wildman–Crippen MR) is 86.1 cm³/mol. The number of benzene rings is 2. The van der Waals surface area contributed by atoms with Crippen molar-refractivity contribution < 1.29 is 0 Å². The fourth-order valence-electron chi connectivity index (χ4n) is 2.77. The fraction of sp³-hybridized carbons (Fsp3) is 0.211. The maximum absolute atomic E-state index is 4.69. The molecule has 0 amide bonds. The monoisotopic (exact) mass is 261 g/mol. The van der Waals surface area contributed by atoms with E-state index in [9.17, 15) is 0 Å². The van der Waals surface area contributed by atoms with Gasteiger partial charge in [0.05, 0.1) is 5.69 Å². The Balaban J connectivity index is 2.27. The molecule has 3 rings (SSSR count). The summed E-state index contributed by atoms with van der Waals surface area (Å²) in [5.74, 6) is 0. The maximum atomic E-state index is 4.69. The van der Waals surface area contributed by atoms with Gasteiger partial charge in [-0.1, -0.05) is 24.3 Å². The Labute approximate surface area is 120 Å². The Morgan fingerprint density at radius 2 is 1.45 bits per heavy atom. The maximum Gasteiger partial charge on any atom is 0.0737 e. The number of hydrogen-bond donors (Lipinski definition) is 0. The first kappa shape index (κ1) is 12.9. The molecular formula is C19H19N. The second kappa shape index (κ2) is 4.75. The highest BCUT2D eigenvalue weighted by Crippen LogP contribution is 2.29. The Morgan fingerprint density at radius 3 is 2.15 bits per heavy atom. The Morgan fingerprint density at radius 1 is 0.800 bits per heavy atom. The summed E-state index contributed by atoms with van der Waals surface area (Å²) in [6.45, 7) is 8.68. The Kier molecular flexibility index (Phi) is 3.06. The zero-order chi connectivity index (χ0) is 14.3. The van der Waals surface area contributed by atoms with E-state index in [-0.39, 0.29) is 0 Å². The van der Waals surface area contributed by atoms with Gasteiger partial charge in [0, 0.05) is 17.1 Å². The molecule has 0 aliphatic heterocycles. The van der Waals surface area contributed by atoms with Crippen molar-refractivity contribution >= 4 is 10.8 Å². The SMILES string of the molecule is Cc1cc(-c2ncc3ccccc3c2C)cc(C)c1C. The van der Waals surface area contributed by atoms with Crippen LogP contribution in [0.3, 0.4) is 0 Å². The lowest BCUT2D eigenvalue weighted by molar-refractivity contribution is 1.24. The average Bonchev–Trinajstić information content (AvgIpc) is 2.45. The zero-order valence-electron chi connectivity index (χ0n) is 12.5. The van der Waals surface area contributed by atoms with E-state index in [1.165, 1.54) is 38.6 Å². The van der Waals surface area contributed by atoms with Crippen molar-refractivity contribution in [3.05, 3.63) is 64.8 Å². The Hall–Kier alpha value is -2.15. The lowest BCUT2D eigenvalue weighted by Crippen LogP contribution is -1.94. The fourth-order valence-corrected chi connectivity index (χ4v) is 2.77. The minimum Gasteiger partial charge on any atom is -0.255 e. The van der Waals surface area contributed by atoms with Crippen LogP contribution in [0.4, 0.5) is 0 Å². The van der Waals surface area contributed by atoms with Gasteiger partial charge in [-0.05, 0) is 67.5 Å². The molecule has 20 heavy (non-hydrogen) atoms. The van der Waals surface area contributed by atoms with Gasteiger partial charge in [0.15, 0.2) is 0 Å². The molecule has 0 N–H and O–H groups in total. The molecule has 0 aliphatic rings. The summed E-state index contributed by atoms with van der Waals surface area (Å²) in [6, 6.07) is 12.9. The molecule has 1 aromatic heterocycles. The molecule has 0 radical (unpaired) electrons. The molecule has 2 aromatic carbocycles. The first-order valence-electron chi connectivity index (χ1n) is 7.00. The zero-order valence-corrected chi connectivity index (χ0v) is 12.5. The van der Waals surface area contributed by atoms with E-state index in [1.807, 2.05) is 6.20 Å². The normalized spacial score (nSPS) is 11.0. The molecule has 0 bridgehead atoms. The van der Waals surface area contributed by atoms with Crippen LogP contribution in [-0.4, -0.2) is 4.98 Å². The lowest BCUT2D eigenvalue weighted by Gasteiger charge is -2.12. The van der Waals surface area contributed by atoms with Gasteiger partial charge in [0.1, 0.15) is 0 Å². The lowest BCUT2D eigenvalue weighted by atomic mass is 9.95. The number of fused-ring (bicyclic) bond motifs is 1. The minimum absolute atomic E-state index is 1.09. The molecule has 0 saturated carbocycles. The summed E-state index contributed by atoms with van der Waals surface area (Å²) in [7, 11) is 0. The van der Waals surface area contributed by atoms with E-state index in [2.05, 4.69) is 69.1 Å². The van der Waals surface area contributed by atoms with Gasteiger partial charge in [0.2, 0.25) is 0 Å². The van der Waals surface area contributed by atoms with Crippen LogP contribution in [0.2, 0.25) is 0 Å². The number of hydrogen-bond acceptors (Lipinski definition) is 1. The minimum atomic E-state index is 1.09. The van der Waals surface area contributed by atoms with Crippen molar-refractivity contribution in [2.75, 3.05) is 0 Å². The molecule has 0 fully saturated rings. The topological polar surface area (TPSA) is 12.9 Å². The average molecular weight is 261 g/mol. The van der Waals surface area contributed by atoms with Crippen molar-refractivity contribution in [3.63, 3.8) is 0 Å². The summed E-state index contributed by atoms with van der Waals surface area (Å²) >= 11 is 0. The highest BCUT2D eigenvalue weighted by atomic mass is 14.7. The number of rotatable bonds is 1. The molecule has 0 saturated heterocycles. The smallest absolute Gasteiger partial charge is 0.0737 e. The molecule has 100 valence electrons. The van der Waals surface area contributed by atoms with Crippen LogP contribution in [0, 0.1) is 27.7 Å². The first-order chi connectivity index (χ1) is 9.58. The van der Waals surface area contributed by atoms with E-state index < -0.39 is 0 Å². The van der Waals surface area contributed by atoms with Crippen molar-refractivity contribution in [1.82, 2.24) is 4.98 Å². The van der Waals surface area contributed by atoms with Crippen LogP contribution < -0.4 is 0 Å². The summed E-state index contributed by atoms with van der Waals surface area (Å²) in [5.41, 5.74) is 7.59. The third-order valence-corrected chi connectivity index (χ3v) is 4.25. The van der Waals surface area contributed by atoms with Gasteiger partial charge in [-0.3, -0.25) is 4.98 Å². The van der Waals surface area contributed by atoms with Crippen LogP contribution in [0.5, 0.6) is 0 Å². The van der Waals surface area contributed by atoms with Gasteiger partial charge < -0.3 is 0 Å². The molecule has 0 atom stereocenters. The quantitative estimate of drug-likeness (QED) is 0.591. The van der Waals surface area contributed by atoms with Crippen LogP contribution in [0.1, 0.15) is 22.3 Å². The van der Waals surface area contributed by atoms with E-state index >= 15 is 0 Å². The standard InChI is InChI=1S/C19H19N/c1-12-9-17(10-13(2)14(12)3)19-15(4)18-8-6-5-7-16(18)11-20-19/h5-11H,1-4H3. The van der Waals surface area contributed by atoms with E-state index in [0.29, 0.717) is 0 Å². The van der Waals surface area contributed by atoms with Crippen LogP contribution in [-0.2, 0) is 0 Å². The number of pyridine rings is 1. The van der Waals surface area contributed by atoms with Gasteiger partial charge in [-0.2, -0.15) is 0 Å². The summed E-state index contributed by atoms with van der Waals surface area (Å²) in [6.07, 6.45) is 1.97. The van der Waals surface area contributed by atoms with Crippen LogP contribution >= 0.6 is 0 Å². The van der Waals surface area contributed by atoms with E-state index in [4.69, 9.17) is 0 Å². The summed E-state index contributed by atoms with van der Waals surface area (Å²) in [5, 5.41) is 2.49. The molecule has 1 nitrogen and oxygen atoms in total. The highest BCUT2D eigenvalue weighted by molar-refractivity contribution is 5.89. The third kappa shape index (κ3) is 2.00. The number of aromatic nitrogens is 1. The van der Waals surface area contributed by atoms with Gasteiger partial charge in [-0.25, -0.2) is 0 Å². The van der Waals surface area contributed by atoms with Gasteiger partial charge >= 0.3 is 0 Å². The molecule has 0 aliphatic carbocycles.